The van der Waals surface area contributed by atoms with E-state index in [1.165, 1.54) is 12.7 Å². The van der Waals surface area contributed by atoms with E-state index < -0.39 is 0 Å². The summed E-state index contributed by atoms with van der Waals surface area (Å²) in [6, 6.07) is 1.99. The molecular weight excluding hydrogens is 180 g/mol. The normalized spacial score (nSPS) is 14.7. The molecule has 2 aromatic heterocycles. The third-order valence-electron chi connectivity index (χ3n) is 2.24. The third-order valence-corrected chi connectivity index (χ3v) is 2.24. The summed E-state index contributed by atoms with van der Waals surface area (Å²) in [6.07, 6.45) is 1.91. The summed E-state index contributed by atoms with van der Waals surface area (Å²) < 4.78 is 7.37. The van der Waals surface area contributed by atoms with E-state index in [4.69, 9.17) is 4.74 Å². The minimum Gasteiger partial charge on any atom is -0.373 e. The molecule has 3 rings (SSSR count). The predicted molar refractivity (Wildman–Crippen MR) is 53.9 cm³/mol. The van der Waals surface area contributed by atoms with Gasteiger partial charge < -0.3 is 15.5 Å². The Hall–Kier alpha value is -1.33. The molecule has 0 saturated heterocycles. The van der Waals surface area contributed by atoms with Crippen molar-refractivity contribution in [1.82, 2.24) is 14.8 Å². The summed E-state index contributed by atoms with van der Waals surface area (Å²) >= 11 is 0. The molecule has 0 aliphatic carbocycles. The van der Waals surface area contributed by atoms with E-state index in [0.29, 0.717) is 6.61 Å². The number of H-pyrrole nitrogens is 1. The monoisotopic (exact) mass is 194 g/mol. The second kappa shape index (κ2) is 3.81. The van der Waals surface area contributed by atoms with Crippen LogP contribution in [0.3, 0.4) is 0 Å². The molecule has 2 aromatic rings. The first kappa shape index (κ1) is 9.23. The minimum absolute atomic E-state index is 0.678. The van der Waals surface area contributed by atoms with Crippen molar-refractivity contribution in [3.8, 4) is 0 Å². The van der Waals surface area contributed by atoms with Crippen LogP contribution in [0.25, 0.3) is 11.0 Å². The fraction of sp³-hybridized carbons (Fsp3) is 0.444. The van der Waals surface area contributed by atoms with Crippen molar-refractivity contribution < 1.29 is 4.74 Å². The number of nitrogens with two attached hydrogens (primary N) is 1. The number of ether oxygens (including phenoxy) is 1. The van der Waals surface area contributed by atoms with Crippen LogP contribution in [0.4, 0.5) is 0 Å². The Labute approximate surface area is 81.8 Å². The Kier molecular flexibility index (Phi) is 2.51. The number of rotatable bonds is 0. The minimum atomic E-state index is 0.678. The van der Waals surface area contributed by atoms with Gasteiger partial charge in [-0.05, 0) is 13.1 Å². The summed E-state index contributed by atoms with van der Waals surface area (Å²) in [5, 5.41) is 4.42. The maximum atomic E-state index is 5.35. The van der Waals surface area contributed by atoms with Gasteiger partial charge in [0.1, 0.15) is 5.52 Å². The molecule has 0 amide bonds. The van der Waals surface area contributed by atoms with Gasteiger partial charge >= 0.3 is 0 Å². The van der Waals surface area contributed by atoms with Gasteiger partial charge in [0.05, 0.1) is 31.0 Å². The Morgan fingerprint density at radius 2 is 2.43 bits per heavy atom. The Morgan fingerprint density at radius 1 is 1.57 bits per heavy atom. The van der Waals surface area contributed by atoms with Crippen LogP contribution in [-0.4, -0.2) is 28.4 Å². The lowest BCUT2D eigenvalue weighted by molar-refractivity contribution is 0.0810. The van der Waals surface area contributed by atoms with Crippen LogP contribution in [0.5, 0.6) is 0 Å². The van der Waals surface area contributed by atoms with Crippen molar-refractivity contribution in [3.05, 3.63) is 18.0 Å². The van der Waals surface area contributed by atoms with E-state index in [2.05, 4.69) is 15.8 Å². The fourth-order valence-corrected chi connectivity index (χ4v) is 1.65. The number of aromatic nitrogens is 3. The van der Waals surface area contributed by atoms with Crippen LogP contribution in [-0.2, 0) is 17.9 Å². The molecule has 3 heterocycles. The molecule has 5 heteroatoms. The van der Waals surface area contributed by atoms with Gasteiger partial charge in [0.2, 0.25) is 0 Å². The molecule has 76 valence electrons. The zero-order valence-electron chi connectivity index (χ0n) is 8.16. The van der Waals surface area contributed by atoms with Crippen LogP contribution in [0.2, 0.25) is 0 Å². The molecule has 0 radical (unpaired) electrons. The molecule has 0 aromatic carbocycles. The van der Waals surface area contributed by atoms with E-state index in [0.717, 1.165) is 24.2 Å². The van der Waals surface area contributed by atoms with Crippen molar-refractivity contribution in [3.63, 3.8) is 0 Å². The summed E-state index contributed by atoms with van der Waals surface area (Å²) in [7, 11) is 1.50. The van der Waals surface area contributed by atoms with E-state index >= 15 is 0 Å². The molecule has 0 saturated carbocycles. The molecule has 1 aliphatic heterocycles. The summed E-state index contributed by atoms with van der Waals surface area (Å²) in [5.74, 6) is 0. The highest BCUT2D eigenvalue weighted by atomic mass is 16.5. The first-order valence-electron chi connectivity index (χ1n) is 4.63. The largest absolute Gasteiger partial charge is 0.373 e. The second-order valence-corrected chi connectivity index (χ2v) is 2.96. The number of nitrogens with one attached hydrogen (secondary N) is 1. The summed E-state index contributed by atoms with van der Waals surface area (Å²) in [4.78, 5) is 3.16. The van der Waals surface area contributed by atoms with Crippen molar-refractivity contribution in [2.24, 2.45) is 5.73 Å². The molecule has 0 fully saturated rings. The number of fused-ring (bicyclic) bond motifs is 3. The molecule has 1 aliphatic rings. The highest BCUT2D eigenvalue weighted by Gasteiger charge is 2.15. The zero-order chi connectivity index (χ0) is 9.97. The SMILES string of the molecule is CN.c1cc2nn3c(c2[nH]1)COCC3. The molecule has 0 atom stereocenters. The van der Waals surface area contributed by atoms with Crippen LogP contribution >= 0.6 is 0 Å². The molecule has 0 bridgehead atoms. The van der Waals surface area contributed by atoms with Crippen LogP contribution in [0.15, 0.2) is 12.3 Å². The Balaban J connectivity index is 0.000000354. The lowest BCUT2D eigenvalue weighted by atomic mass is 10.3. The lowest BCUT2D eigenvalue weighted by Gasteiger charge is -2.13. The fourth-order valence-electron chi connectivity index (χ4n) is 1.65. The van der Waals surface area contributed by atoms with Crippen LogP contribution in [0, 0.1) is 0 Å². The standard InChI is InChI=1S/C8H9N3O.CH5N/c1-2-9-8-6(1)10-11-3-4-12-5-7(8)11;1-2/h1-2,9H,3-5H2;2H2,1H3. The first-order valence-corrected chi connectivity index (χ1v) is 4.63. The van der Waals surface area contributed by atoms with E-state index in [-0.39, 0.29) is 0 Å². The smallest absolute Gasteiger partial charge is 0.110 e. The van der Waals surface area contributed by atoms with E-state index in [1.807, 2.05) is 16.9 Å². The van der Waals surface area contributed by atoms with Crippen molar-refractivity contribution in [2.45, 2.75) is 13.2 Å². The molecule has 3 N–H and O–H groups in total. The van der Waals surface area contributed by atoms with E-state index in [1.54, 1.807) is 0 Å². The van der Waals surface area contributed by atoms with Gasteiger partial charge in [-0.1, -0.05) is 0 Å². The Bertz CT molecular complexity index is 417. The molecular formula is C9H14N4O. The van der Waals surface area contributed by atoms with Gasteiger partial charge in [0, 0.05) is 6.20 Å². The maximum absolute atomic E-state index is 5.35. The highest BCUT2D eigenvalue weighted by Crippen LogP contribution is 2.19. The average molecular weight is 194 g/mol. The quantitative estimate of drug-likeness (QED) is 0.640. The van der Waals surface area contributed by atoms with Gasteiger partial charge in [-0.3, -0.25) is 4.68 Å². The van der Waals surface area contributed by atoms with Gasteiger partial charge in [0.25, 0.3) is 0 Å². The number of aromatic amines is 1. The Morgan fingerprint density at radius 3 is 3.29 bits per heavy atom. The molecule has 5 nitrogen and oxygen atoms in total. The maximum Gasteiger partial charge on any atom is 0.110 e. The van der Waals surface area contributed by atoms with Gasteiger partial charge in [-0.2, -0.15) is 5.10 Å². The average Bonchev–Trinajstić information content (AvgIpc) is 2.80. The number of hydrogen-bond acceptors (Lipinski definition) is 3. The molecule has 14 heavy (non-hydrogen) atoms. The van der Waals surface area contributed by atoms with Crippen molar-refractivity contribution in [1.29, 1.82) is 0 Å². The first-order chi connectivity index (χ1) is 6.95. The summed E-state index contributed by atoms with van der Waals surface area (Å²) in [5.41, 5.74) is 7.83. The topological polar surface area (TPSA) is 68.9 Å². The second-order valence-electron chi connectivity index (χ2n) is 2.96. The van der Waals surface area contributed by atoms with E-state index in [9.17, 15) is 0 Å². The highest BCUT2D eigenvalue weighted by molar-refractivity contribution is 5.77. The predicted octanol–water partition coefficient (Wildman–Crippen LogP) is 0.469. The van der Waals surface area contributed by atoms with Gasteiger partial charge in [-0.25, -0.2) is 0 Å². The zero-order valence-corrected chi connectivity index (χ0v) is 8.16. The van der Waals surface area contributed by atoms with Crippen LogP contribution in [0.1, 0.15) is 5.69 Å². The number of nitrogens with zero attached hydrogens (tertiary/aromatic N) is 2. The van der Waals surface area contributed by atoms with Gasteiger partial charge in [0.15, 0.2) is 0 Å². The lowest BCUT2D eigenvalue weighted by Crippen LogP contribution is -2.17. The van der Waals surface area contributed by atoms with Crippen molar-refractivity contribution >= 4 is 11.0 Å². The third kappa shape index (κ3) is 1.30. The van der Waals surface area contributed by atoms with Crippen LogP contribution < -0.4 is 5.73 Å². The summed E-state index contributed by atoms with van der Waals surface area (Å²) in [6.45, 7) is 2.33. The van der Waals surface area contributed by atoms with Gasteiger partial charge in [-0.15, -0.1) is 0 Å². The molecule has 0 unspecified atom stereocenters. The van der Waals surface area contributed by atoms with Crippen molar-refractivity contribution in [2.75, 3.05) is 13.7 Å². The molecule has 0 spiro atoms. The number of hydrogen-bond donors (Lipinski definition) is 2.